The summed E-state index contributed by atoms with van der Waals surface area (Å²) in [5, 5.41) is 12.1. The van der Waals surface area contributed by atoms with E-state index in [4.69, 9.17) is 14.5 Å². The van der Waals surface area contributed by atoms with E-state index in [0.717, 1.165) is 56.0 Å². The number of anilines is 5. The zero-order valence-corrected chi connectivity index (χ0v) is 31.5. The minimum Gasteiger partial charge on any atom is -0.482 e. The number of ether oxygens (including phenoxy) is 2. The molecule has 0 aliphatic carbocycles. The van der Waals surface area contributed by atoms with Crippen molar-refractivity contribution in [1.82, 2.24) is 39.6 Å². The van der Waals surface area contributed by atoms with Gasteiger partial charge >= 0.3 is 6.18 Å². The number of halogens is 3. The number of aromatic nitrogens is 7. The van der Waals surface area contributed by atoms with Gasteiger partial charge in [-0.25, -0.2) is 0 Å². The van der Waals surface area contributed by atoms with Crippen LogP contribution in [0.25, 0.3) is 33.2 Å². The fraction of sp³-hybridized carbons (Fsp3) is 0.378. The van der Waals surface area contributed by atoms with Crippen LogP contribution in [0.3, 0.4) is 0 Å². The Morgan fingerprint density at radius 3 is 2.51 bits per heavy atom. The highest BCUT2D eigenvalue weighted by molar-refractivity contribution is 7.71. The summed E-state index contributed by atoms with van der Waals surface area (Å²) in [5.74, 6) is 0.453. The third kappa shape index (κ3) is 7.95. The maximum Gasteiger partial charge on any atom is 0.422 e. The summed E-state index contributed by atoms with van der Waals surface area (Å²) in [5.41, 5.74) is 4.64. The molecular formula is C37H41F3N11O3P. The van der Waals surface area contributed by atoms with Crippen molar-refractivity contribution in [2.45, 2.75) is 25.1 Å². The van der Waals surface area contributed by atoms with Crippen molar-refractivity contribution in [3.63, 3.8) is 0 Å². The van der Waals surface area contributed by atoms with Gasteiger partial charge in [0.2, 0.25) is 5.95 Å². The van der Waals surface area contributed by atoms with Crippen molar-refractivity contribution in [2.24, 2.45) is 7.05 Å². The third-order valence-electron chi connectivity index (χ3n) is 9.94. The molecule has 288 valence electrons. The van der Waals surface area contributed by atoms with Crippen molar-refractivity contribution in [3.05, 3.63) is 61.3 Å². The molecule has 0 radical (unpaired) electrons. The quantitative estimate of drug-likeness (QED) is 0.134. The fourth-order valence-corrected chi connectivity index (χ4v) is 8.81. The maximum absolute atomic E-state index is 13.7. The predicted octanol–water partition coefficient (Wildman–Crippen LogP) is 6.28. The molecule has 0 spiro atoms. The van der Waals surface area contributed by atoms with Crippen LogP contribution >= 0.6 is 7.14 Å². The van der Waals surface area contributed by atoms with Crippen LogP contribution in [-0.2, 0) is 16.3 Å². The number of hydrogen-bond donors (Lipinski definition) is 3. The second-order valence-electron chi connectivity index (χ2n) is 14.2. The van der Waals surface area contributed by atoms with Crippen molar-refractivity contribution < 1.29 is 27.2 Å². The molecule has 4 aromatic heterocycles. The van der Waals surface area contributed by atoms with Crippen LogP contribution in [0.1, 0.15) is 12.8 Å². The highest BCUT2D eigenvalue weighted by Crippen LogP contribution is 2.43. The van der Waals surface area contributed by atoms with Crippen LogP contribution in [0.15, 0.2) is 61.3 Å². The van der Waals surface area contributed by atoms with E-state index < -0.39 is 19.9 Å². The first kappa shape index (κ1) is 36.7. The van der Waals surface area contributed by atoms with Gasteiger partial charge in [0.25, 0.3) is 0 Å². The van der Waals surface area contributed by atoms with Gasteiger partial charge < -0.3 is 34.6 Å². The molecule has 14 nitrogen and oxygen atoms in total. The van der Waals surface area contributed by atoms with Gasteiger partial charge in [-0.05, 0) is 50.4 Å². The Labute approximate surface area is 314 Å². The van der Waals surface area contributed by atoms with Gasteiger partial charge in [0, 0.05) is 86.9 Å². The first-order valence-corrected chi connectivity index (χ1v) is 20.6. The number of rotatable bonds is 10. The molecule has 3 N–H and O–H groups in total. The van der Waals surface area contributed by atoms with Crippen LogP contribution < -0.4 is 25.6 Å². The molecule has 8 rings (SSSR count). The summed E-state index contributed by atoms with van der Waals surface area (Å²) in [6.07, 6.45) is 5.68. The fourth-order valence-electron chi connectivity index (χ4n) is 7.42. The van der Waals surface area contributed by atoms with E-state index in [1.165, 1.54) is 0 Å². The minimum absolute atomic E-state index is 0.00625. The molecule has 6 aromatic rings. The lowest BCUT2D eigenvalue weighted by atomic mass is 9.99. The monoisotopic (exact) mass is 775 g/mol. The van der Waals surface area contributed by atoms with E-state index in [-0.39, 0.29) is 17.4 Å². The van der Waals surface area contributed by atoms with Crippen molar-refractivity contribution in [2.75, 3.05) is 74.9 Å². The Morgan fingerprint density at radius 1 is 1.00 bits per heavy atom. The van der Waals surface area contributed by atoms with Gasteiger partial charge in [0.05, 0.1) is 47.0 Å². The van der Waals surface area contributed by atoms with Gasteiger partial charge in [-0.2, -0.15) is 28.2 Å². The van der Waals surface area contributed by atoms with E-state index in [2.05, 4.69) is 45.5 Å². The number of aryl methyl sites for hydroxylation is 1. The Balaban J connectivity index is 1.18. The van der Waals surface area contributed by atoms with Gasteiger partial charge in [0.1, 0.15) is 29.9 Å². The summed E-state index contributed by atoms with van der Waals surface area (Å²) in [7, 11) is -1.08. The number of alkyl halides is 3. The molecule has 55 heavy (non-hydrogen) atoms. The van der Waals surface area contributed by atoms with Crippen LogP contribution in [0.2, 0.25) is 0 Å². The highest BCUT2D eigenvalue weighted by Gasteiger charge is 2.31. The van der Waals surface area contributed by atoms with Crippen molar-refractivity contribution in [3.8, 4) is 16.9 Å². The number of H-pyrrole nitrogens is 1. The van der Waals surface area contributed by atoms with E-state index in [0.29, 0.717) is 58.0 Å². The normalized spacial score (nSPS) is 16.2. The summed E-state index contributed by atoms with van der Waals surface area (Å²) < 4.78 is 67.5. The number of nitrogens with zero attached hydrogens (tertiary/aromatic N) is 8. The molecule has 2 aromatic carbocycles. The van der Waals surface area contributed by atoms with Gasteiger partial charge in [-0.3, -0.25) is 19.5 Å². The average molecular weight is 776 g/mol. The number of aromatic amines is 1. The van der Waals surface area contributed by atoms with Crippen LogP contribution in [0, 0.1) is 0 Å². The Hall–Kier alpha value is -5.25. The average Bonchev–Trinajstić information content (AvgIpc) is 3.83. The number of nitrogens with one attached hydrogen (secondary N) is 3. The number of morpholine rings is 1. The topological polar surface area (TPSA) is 151 Å². The lowest BCUT2D eigenvalue weighted by Crippen LogP contribution is -2.49. The van der Waals surface area contributed by atoms with Crippen LogP contribution in [0.5, 0.6) is 5.75 Å². The molecule has 0 atom stereocenters. The zero-order valence-electron chi connectivity index (χ0n) is 30.6. The molecule has 2 fully saturated rings. The highest BCUT2D eigenvalue weighted by atomic mass is 31.2. The molecule has 0 bridgehead atoms. The van der Waals surface area contributed by atoms with E-state index in [1.807, 2.05) is 13.2 Å². The smallest absolute Gasteiger partial charge is 0.422 e. The number of fused-ring (bicyclic) bond motifs is 2. The maximum atomic E-state index is 13.7. The van der Waals surface area contributed by atoms with Crippen molar-refractivity contribution >= 4 is 63.3 Å². The SMILES string of the molecule is Cn1cc(-c2cc(Nc3nc(Nc4ccc5nccnc5c4P(C)(C)=O)c4cc[nH]c4n3)c(OCC(F)(F)F)cc2N2CCC(N3CCOCC3)CC2)cn1. The zero-order chi connectivity index (χ0) is 38.3. The third-order valence-corrected chi connectivity index (χ3v) is 11.5. The first-order chi connectivity index (χ1) is 26.4. The van der Waals surface area contributed by atoms with Crippen LogP contribution in [-0.4, -0.2) is 111 Å². The van der Waals surface area contributed by atoms with Crippen molar-refractivity contribution in [1.29, 1.82) is 0 Å². The molecule has 2 aliphatic heterocycles. The van der Waals surface area contributed by atoms with Gasteiger partial charge in [0.15, 0.2) is 6.61 Å². The summed E-state index contributed by atoms with van der Waals surface area (Å²) in [4.78, 5) is 26.1. The molecule has 6 heterocycles. The Morgan fingerprint density at radius 2 is 1.78 bits per heavy atom. The molecule has 2 aliphatic rings. The molecule has 0 amide bonds. The van der Waals surface area contributed by atoms with Crippen LogP contribution in [0.4, 0.5) is 42.0 Å². The first-order valence-electron chi connectivity index (χ1n) is 18.0. The summed E-state index contributed by atoms with van der Waals surface area (Å²) in [6, 6.07) is 9.22. The summed E-state index contributed by atoms with van der Waals surface area (Å²) in [6.45, 7) is 6.50. The number of hydrogen-bond acceptors (Lipinski definition) is 12. The molecule has 0 unspecified atom stereocenters. The summed E-state index contributed by atoms with van der Waals surface area (Å²) >= 11 is 0. The second kappa shape index (κ2) is 14.8. The van der Waals surface area contributed by atoms with E-state index in [9.17, 15) is 17.7 Å². The minimum atomic E-state index is -4.58. The number of benzene rings is 2. The molecule has 0 saturated carbocycles. The predicted molar refractivity (Wildman–Crippen MR) is 207 cm³/mol. The molecular weight excluding hydrogens is 734 g/mol. The van der Waals surface area contributed by atoms with Gasteiger partial charge in [-0.15, -0.1) is 0 Å². The lowest BCUT2D eigenvalue weighted by molar-refractivity contribution is -0.153. The number of piperidine rings is 1. The lowest BCUT2D eigenvalue weighted by Gasteiger charge is -2.41. The van der Waals surface area contributed by atoms with Gasteiger partial charge in [-0.1, -0.05) is 0 Å². The Kier molecular flexibility index (Phi) is 9.86. The standard InChI is InChI=1S/C37H41F3N11O3P/c1-49-21-23(20-44-49)26-18-29(31(54-22-37(38,39)40)19-30(26)51-12-7-24(8-13-51)50-14-16-53-17-15-50)46-36-47-34-25(6-9-43-34)35(48-36)45-28-5-4-27-32(42-11-10-41-27)33(28)55(2,3)52/h4-6,9-11,18-21,24H,7-8,12-17,22H2,1-3H3,(H3,43,45,46,47,48). The van der Waals surface area contributed by atoms with E-state index >= 15 is 0 Å². The van der Waals surface area contributed by atoms with E-state index in [1.54, 1.807) is 73.1 Å². The second-order valence-corrected chi connectivity index (χ2v) is 17.3. The largest absolute Gasteiger partial charge is 0.482 e. The molecule has 18 heteroatoms. The molecule has 2 saturated heterocycles. The Bertz CT molecular complexity index is 2380.